The zero-order valence-corrected chi connectivity index (χ0v) is 13.9. The molecule has 0 aliphatic heterocycles. The number of carbonyl (C=O) groups excluding carboxylic acids is 2. The van der Waals surface area contributed by atoms with E-state index in [4.69, 9.17) is 10.1 Å². The van der Waals surface area contributed by atoms with Gasteiger partial charge in [-0.3, -0.25) is 4.79 Å². The maximum absolute atomic E-state index is 12.2. The Kier molecular flexibility index (Phi) is 6.48. The number of hydroxylamine groups is 1. The van der Waals surface area contributed by atoms with Gasteiger partial charge in [-0.25, -0.2) is 4.79 Å². The SMILES string of the molecule is CCC1CCCC(C(=O)NOC(=O)c2ccccc2SC#N)C1. The van der Waals surface area contributed by atoms with Gasteiger partial charge < -0.3 is 4.84 Å². The maximum Gasteiger partial charge on any atom is 0.364 e. The van der Waals surface area contributed by atoms with Crippen LogP contribution in [-0.2, 0) is 9.63 Å². The Balaban J connectivity index is 1.91. The van der Waals surface area contributed by atoms with Crippen molar-refractivity contribution in [2.75, 3.05) is 0 Å². The van der Waals surface area contributed by atoms with Crippen molar-refractivity contribution in [3.8, 4) is 5.40 Å². The molecule has 1 fully saturated rings. The van der Waals surface area contributed by atoms with Gasteiger partial charge in [-0.1, -0.05) is 38.3 Å². The lowest BCUT2D eigenvalue weighted by Crippen LogP contribution is -2.35. The van der Waals surface area contributed by atoms with Crippen LogP contribution in [0, 0.1) is 22.5 Å². The lowest BCUT2D eigenvalue weighted by Gasteiger charge is -2.27. The summed E-state index contributed by atoms with van der Waals surface area (Å²) in [4.78, 5) is 29.7. The summed E-state index contributed by atoms with van der Waals surface area (Å²) < 4.78 is 0. The second kappa shape index (κ2) is 8.59. The highest BCUT2D eigenvalue weighted by Gasteiger charge is 2.27. The molecule has 23 heavy (non-hydrogen) atoms. The highest BCUT2D eigenvalue weighted by molar-refractivity contribution is 8.03. The second-order valence-corrected chi connectivity index (χ2v) is 6.51. The van der Waals surface area contributed by atoms with Crippen LogP contribution in [0.25, 0.3) is 0 Å². The third kappa shape index (κ3) is 4.73. The minimum Gasteiger partial charge on any atom is -0.335 e. The minimum atomic E-state index is -0.653. The number of carbonyl (C=O) groups is 2. The van der Waals surface area contributed by atoms with Crippen molar-refractivity contribution < 1.29 is 14.4 Å². The van der Waals surface area contributed by atoms with Crippen molar-refractivity contribution >= 4 is 23.6 Å². The van der Waals surface area contributed by atoms with Gasteiger partial charge in [0.25, 0.3) is 5.91 Å². The first-order chi connectivity index (χ1) is 11.2. The van der Waals surface area contributed by atoms with E-state index in [9.17, 15) is 9.59 Å². The van der Waals surface area contributed by atoms with Crippen LogP contribution in [0.15, 0.2) is 29.2 Å². The number of hydrogen-bond acceptors (Lipinski definition) is 5. The zero-order valence-electron chi connectivity index (χ0n) is 13.1. The Morgan fingerprint density at radius 2 is 2.17 bits per heavy atom. The van der Waals surface area contributed by atoms with Gasteiger partial charge in [0.05, 0.1) is 5.56 Å². The lowest BCUT2D eigenvalue weighted by molar-refractivity contribution is -0.135. The molecule has 0 heterocycles. The van der Waals surface area contributed by atoms with E-state index in [1.165, 1.54) is 6.42 Å². The first-order valence-electron chi connectivity index (χ1n) is 7.81. The van der Waals surface area contributed by atoms with E-state index in [1.54, 1.807) is 24.3 Å². The summed E-state index contributed by atoms with van der Waals surface area (Å²) >= 11 is 0.888. The fraction of sp³-hybridized carbons (Fsp3) is 0.471. The minimum absolute atomic E-state index is 0.0924. The van der Waals surface area contributed by atoms with E-state index < -0.39 is 5.97 Å². The molecule has 2 atom stereocenters. The number of hydrogen-bond donors (Lipinski definition) is 1. The van der Waals surface area contributed by atoms with Crippen LogP contribution in [0.5, 0.6) is 0 Å². The number of amides is 1. The summed E-state index contributed by atoms with van der Waals surface area (Å²) in [5.41, 5.74) is 2.56. The quantitative estimate of drug-likeness (QED) is 0.517. The highest BCUT2D eigenvalue weighted by atomic mass is 32.2. The number of nitrogens with zero attached hydrogens (tertiary/aromatic N) is 1. The molecule has 0 saturated heterocycles. The molecule has 1 aromatic carbocycles. The molecule has 1 aliphatic carbocycles. The second-order valence-electron chi connectivity index (χ2n) is 5.68. The van der Waals surface area contributed by atoms with Gasteiger partial charge in [0.2, 0.25) is 0 Å². The van der Waals surface area contributed by atoms with Crippen LogP contribution in [0.1, 0.15) is 49.4 Å². The average molecular weight is 332 g/mol. The number of thioether (sulfide) groups is 1. The predicted molar refractivity (Wildman–Crippen MR) is 87.2 cm³/mol. The molecule has 1 aromatic rings. The summed E-state index contributed by atoms with van der Waals surface area (Å²) in [6.45, 7) is 2.13. The van der Waals surface area contributed by atoms with E-state index in [2.05, 4.69) is 12.4 Å². The van der Waals surface area contributed by atoms with E-state index in [0.717, 1.165) is 37.4 Å². The molecule has 1 N–H and O–H groups in total. The maximum atomic E-state index is 12.2. The predicted octanol–water partition coefficient (Wildman–Crippen LogP) is 3.66. The van der Waals surface area contributed by atoms with Crippen molar-refractivity contribution in [2.24, 2.45) is 11.8 Å². The van der Waals surface area contributed by atoms with E-state index >= 15 is 0 Å². The number of thiocyanates is 1. The van der Waals surface area contributed by atoms with Crippen LogP contribution in [-0.4, -0.2) is 11.9 Å². The summed E-state index contributed by atoms with van der Waals surface area (Å²) in [6.07, 6.45) is 4.95. The molecule has 1 saturated carbocycles. The van der Waals surface area contributed by atoms with Crippen molar-refractivity contribution in [3.63, 3.8) is 0 Å². The largest absolute Gasteiger partial charge is 0.364 e. The van der Waals surface area contributed by atoms with Gasteiger partial charge in [-0.2, -0.15) is 10.7 Å². The van der Waals surface area contributed by atoms with Crippen LogP contribution >= 0.6 is 11.8 Å². The van der Waals surface area contributed by atoms with Gasteiger partial charge in [0.1, 0.15) is 5.40 Å². The Bertz CT molecular complexity index is 612. The van der Waals surface area contributed by atoms with Crippen LogP contribution in [0.2, 0.25) is 0 Å². The number of benzene rings is 1. The molecule has 2 unspecified atom stereocenters. The molecule has 6 heteroatoms. The molecule has 1 amide bonds. The van der Waals surface area contributed by atoms with E-state index in [1.807, 2.05) is 5.40 Å². The Morgan fingerprint density at radius 3 is 2.91 bits per heavy atom. The van der Waals surface area contributed by atoms with Gasteiger partial charge >= 0.3 is 5.97 Å². The van der Waals surface area contributed by atoms with Gasteiger partial charge in [-0.05, 0) is 42.7 Å². The van der Waals surface area contributed by atoms with Crippen LogP contribution in [0.3, 0.4) is 0 Å². The molecule has 122 valence electrons. The molecule has 0 spiro atoms. The van der Waals surface area contributed by atoms with Gasteiger partial charge in [0, 0.05) is 10.8 Å². The normalized spacial score (nSPS) is 20.3. The fourth-order valence-corrected chi connectivity index (χ4v) is 3.41. The Hall–Kier alpha value is -2.00. The fourth-order valence-electron chi connectivity index (χ4n) is 2.91. The summed E-state index contributed by atoms with van der Waals surface area (Å²) in [6, 6.07) is 6.66. The number of rotatable bonds is 4. The van der Waals surface area contributed by atoms with Gasteiger partial charge in [-0.15, -0.1) is 0 Å². The highest BCUT2D eigenvalue weighted by Crippen LogP contribution is 2.31. The zero-order chi connectivity index (χ0) is 16.7. The number of nitriles is 1. The molecule has 5 nitrogen and oxygen atoms in total. The summed E-state index contributed by atoms with van der Waals surface area (Å²) in [5.74, 6) is -0.408. The van der Waals surface area contributed by atoms with Crippen molar-refractivity contribution in [2.45, 2.75) is 43.9 Å². The van der Waals surface area contributed by atoms with Crippen molar-refractivity contribution in [1.29, 1.82) is 5.26 Å². The first kappa shape index (κ1) is 17.4. The molecule has 0 bridgehead atoms. The molecule has 0 aromatic heterocycles. The van der Waals surface area contributed by atoms with Crippen LogP contribution < -0.4 is 5.48 Å². The molecule has 1 aliphatic rings. The standard InChI is InChI=1S/C17H20N2O3S/c1-2-12-6-5-7-13(10-12)16(20)19-22-17(21)14-8-3-4-9-15(14)23-11-18/h3-4,8-9,12-13H,2,5-7,10H2,1H3,(H,19,20). The topological polar surface area (TPSA) is 79.2 Å². The molecule has 0 radical (unpaired) electrons. The monoisotopic (exact) mass is 332 g/mol. The molecular formula is C17H20N2O3S. The first-order valence-corrected chi connectivity index (χ1v) is 8.63. The third-order valence-corrected chi connectivity index (χ3v) is 4.91. The summed E-state index contributed by atoms with van der Waals surface area (Å²) in [7, 11) is 0. The van der Waals surface area contributed by atoms with Crippen molar-refractivity contribution in [1.82, 2.24) is 5.48 Å². The smallest absolute Gasteiger partial charge is 0.335 e. The van der Waals surface area contributed by atoms with Crippen molar-refractivity contribution in [3.05, 3.63) is 29.8 Å². The number of nitrogens with one attached hydrogen (secondary N) is 1. The van der Waals surface area contributed by atoms with Gasteiger partial charge in [0.15, 0.2) is 0 Å². The Labute approximate surface area is 140 Å². The van der Waals surface area contributed by atoms with Crippen LogP contribution in [0.4, 0.5) is 0 Å². The van der Waals surface area contributed by atoms with E-state index in [-0.39, 0.29) is 17.4 Å². The van der Waals surface area contributed by atoms with E-state index in [0.29, 0.717) is 10.8 Å². The summed E-state index contributed by atoms with van der Waals surface area (Å²) in [5, 5.41) is 10.7. The molecule has 2 rings (SSSR count). The average Bonchev–Trinajstić information content (AvgIpc) is 2.60. The molecular weight excluding hydrogens is 312 g/mol. The lowest BCUT2D eigenvalue weighted by atomic mass is 9.80. The third-order valence-electron chi connectivity index (χ3n) is 4.24. The Morgan fingerprint density at radius 1 is 1.39 bits per heavy atom.